The van der Waals surface area contributed by atoms with Crippen LogP contribution in [0.2, 0.25) is 0 Å². The number of fused-ring (bicyclic) bond motifs is 2. The standard InChI is InChI=1S/C28H33N7O.2ClH/c1-16(2)26-17(3)30-28(33-22-13-29-14-22)34-27(26)35-9-10-36-25-8-6-19(11-21(25)15-35)20-5-7-23-24(12-20)32-18(4)31-23;;/h5-8,11-12,16,22,29H,9-10,13-15H2,1-4H3,(H,31,32)(H,30,33,34);2*1H. The summed E-state index contributed by atoms with van der Waals surface area (Å²) in [6.45, 7) is 12.5. The van der Waals surface area contributed by atoms with E-state index in [1.54, 1.807) is 0 Å². The number of aromatic nitrogens is 4. The van der Waals surface area contributed by atoms with Crippen molar-refractivity contribution in [3.8, 4) is 16.9 Å². The van der Waals surface area contributed by atoms with Crippen molar-refractivity contribution in [2.45, 2.75) is 46.2 Å². The molecule has 10 heteroatoms. The number of imidazole rings is 1. The van der Waals surface area contributed by atoms with Crippen LogP contribution in [-0.2, 0) is 6.54 Å². The van der Waals surface area contributed by atoms with Crippen molar-refractivity contribution in [1.82, 2.24) is 25.3 Å². The summed E-state index contributed by atoms with van der Waals surface area (Å²) in [6.07, 6.45) is 0. The molecule has 2 aromatic heterocycles. The lowest BCUT2D eigenvalue weighted by atomic mass is 10.00. The zero-order valence-corrected chi connectivity index (χ0v) is 23.8. The molecule has 0 bridgehead atoms. The Bertz CT molecular complexity index is 1430. The number of nitrogens with one attached hydrogen (secondary N) is 3. The van der Waals surface area contributed by atoms with Crippen LogP contribution in [0.3, 0.4) is 0 Å². The molecule has 4 aromatic rings. The highest BCUT2D eigenvalue weighted by Gasteiger charge is 2.25. The van der Waals surface area contributed by atoms with E-state index in [1.165, 1.54) is 5.56 Å². The highest BCUT2D eigenvalue weighted by Crippen LogP contribution is 2.35. The summed E-state index contributed by atoms with van der Waals surface area (Å²) in [5.41, 5.74) is 7.74. The second-order valence-corrected chi connectivity index (χ2v) is 10.2. The Morgan fingerprint density at radius 1 is 1.00 bits per heavy atom. The van der Waals surface area contributed by atoms with E-state index < -0.39 is 0 Å². The van der Waals surface area contributed by atoms with Gasteiger partial charge >= 0.3 is 0 Å². The first-order chi connectivity index (χ1) is 17.4. The number of H-pyrrole nitrogens is 1. The summed E-state index contributed by atoms with van der Waals surface area (Å²) < 4.78 is 6.19. The maximum absolute atomic E-state index is 6.19. The van der Waals surface area contributed by atoms with Crippen LogP contribution < -0.4 is 20.3 Å². The zero-order valence-electron chi connectivity index (χ0n) is 22.2. The summed E-state index contributed by atoms with van der Waals surface area (Å²) in [4.78, 5) is 20.1. The Kier molecular flexibility index (Phi) is 8.35. The van der Waals surface area contributed by atoms with E-state index in [9.17, 15) is 0 Å². The van der Waals surface area contributed by atoms with Gasteiger partial charge in [0, 0.05) is 36.5 Å². The third-order valence-electron chi connectivity index (χ3n) is 7.08. The fraction of sp³-hybridized carbons (Fsp3) is 0.393. The fourth-order valence-corrected chi connectivity index (χ4v) is 5.19. The van der Waals surface area contributed by atoms with Gasteiger partial charge in [-0.3, -0.25) is 0 Å². The van der Waals surface area contributed by atoms with E-state index in [0.29, 0.717) is 24.5 Å². The van der Waals surface area contributed by atoms with E-state index >= 15 is 0 Å². The number of rotatable bonds is 5. The van der Waals surface area contributed by atoms with Crippen LogP contribution in [0.25, 0.3) is 22.2 Å². The number of nitrogens with zero attached hydrogens (tertiary/aromatic N) is 4. The lowest BCUT2D eigenvalue weighted by molar-refractivity contribution is 0.331. The van der Waals surface area contributed by atoms with E-state index in [1.807, 2.05) is 6.92 Å². The maximum Gasteiger partial charge on any atom is 0.225 e. The van der Waals surface area contributed by atoms with Crippen molar-refractivity contribution < 1.29 is 4.74 Å². The topological polar surface area (TPSA) is 91.0 Å². The molecule has 8 nitrogen and oxygen atoms in total. The smallest absolute Gasteiger partial charge is 0.225 e. The minimum absolute atomic E-state index is 0. The monoisotopic (exact) mass is 555 g/mol. The Morgan fingerprint density at radius 3 is 2.50 bits per heavy atom. The van der Waals surface area contributed by atoms with Crippen molar-refractivity contribution in [1.29, 1.82) is 0 Å². The first-order valence-corrected chi connectivity index (χ1v) is 12.8. The molecule has 0 saturated carbocycles. The SMILES string of the molecule is Cc1nc2cc(-c3ccc4c(c3)CN(c3nc(NC5CNC5)nc(C)c3C(C)C)CCO4)ccc2[nH]1.Cl.Cl. The minimum atomic E-state index is 0. The average molecular weight is 557 g/mol. The molecule has 3 N–H and O–H groups in total. The van der Waals surface area contributed by atoms with Crippen molar-refractivity contribution in [3.63, 3.8) is 0 Å². The predicted octanol–water partition coefficient (Wildman–Crippen LogP) is 5.39. The molecule has 202 valence electrons. The molecule has 38 heavy (non-hydrogen) atoms. The zero-order chi connectivity index (χ0) is 24.8. The van der Waals surface area contributed by atoms with Crippen molar-refractivity contribution >= 4 is 47.6 Å². The van der Waals surface area contributed by atoms with Crippen LogP contribution in [0.15, 0.2) is 36.4 Å². The predicted molar refractivity (Wildman–Crippen MR) is 158 cm³/mol. The van der Waals surface area contributed by atoms with Crippen molar-refractivity contribution in [2.24, 2.45) is 0 Å². The molecule has 0 amide bonds. The van der Waals surface area contributed by atoms with Gasteiger partial charge in [-0.25, -0.2) is 9.97 Å². The number of hydrogen-bond acceptors (Lipinski definition) is 7. The van der Waals surface area contributed by atoms with Gasteiger partial charge in [0.25, 0.3) is 0 Å². The molecule has 2 aliphatic rings. The number of aromatic amines is 1. The van der Waals surface area contributed by atoms with Crippen LogP contribution in [0.1, 0.15) is 42.4 Å². The van der Waals surface area contributed by atoms with Crippen LogP contribution >= 0.6 is 24.8 Å². The summed E-state index contributed by atoms with van der Waals surface area (Å²) in [5, 5.41) is 6.80. The molecule has 1 fully saturated rings. The molecular weight excluding hydrogens is 521 g/mol. The second kappa shape index (κ2) is 11.4. The Balaban J connectivity index is 0.00000168. The molecule has 6 rings (SSSR count). The first-order valence-electron chi connectivity index (χ1n) is 12.8. The van der Waals surface area contributed by atoms with Gasteiger partial charge in [-0.1, -0.05) is 26.0 Å². The van der Waals surface area contributed by atoms with Crippen LogP contribution in [0.5, 0.6) is 5.75 Å². The largest absolute Gasteiger partial charge is 0.491 e. The number of anilines is 2. The molecule has 1 saturated heterocycles. The van der Waals surface area contributed by atoms with Gasteiger partial charge in [-0.2, -0.15) is 4.98 Å². The van der Waals surface area contributed by atoms with Gasteiger partial charge in [0.1, 0.15) is 24.0 Å². The molecule has 0 aliphatic carbocycles. The third-order valence-corrected chi connectivity index (χ3v) is 7.08. The molecular formula is C28H35Cl2N7O. The Morgan fingerprint density at radius 2 is 1.76 bits per heavy atom. The van der Waals surface area contributed by atoms with Crippen molar-refractivity contribution in [3.05, 3.63) is 59.0 Å². The number of aryl methyl sites for hydroxylation is 2. The minimum Gasteiger partial charge on any atom is -0.491 e. The highest BCUT2D eigenvalue weighted by molar-refractivity contribution is 5.85. The third kappa shape index (κ3) is 5.39. The second-order valence-electron chi connectivity index (χ2n) is 10.2. The van der Waals surface area contributed by atoms with Gasteiger partial charge in [-0.05, 0) is 55.2 Å². The lowest BCUT2D eigenvalue weighted by Gasteiger charge is -2.30. The van der Waals surface area contributed by atoms with Gasteiger partial charge < -0.3 is 25.3 Å². The van der Waals surface area contributed by atoms with Crippen LogP contribution in [-0.4, -0.2) is 52.2 Å². The summed E-state index contributed by atoms with van der Waals surface area (Å²) in [7, 11) is 0. The van der Waals surface area contributed by atoms with Crippen LogP contribution in [0, 0.1) is 13.8 Å². The number of hydrogen-bond donors (Lipinski definition) is 3. The summed E-state index contributed by atoms with van der Waals surface area (Å²) in [6, 6.07) is 13.3. The van der Waals surface area contributed by atoms with Crippen LogP contribution in [0.4, 0.5) is 11.8 Å². The van der Waals surface area contributed by atoms with Gasteiger partial charge in [-0.15, -0.1) is 24.8 Å². The van der Waals surface area contributed by atoms with Gasteiger partial charge in [0.15, 0.2) is 0 Å². The van der Waals surface area contributed by atoms with Gasteiger partial charge in [0.05, 0.1) is 23.6 Å². The molecule has 0 unspecified atom stereocenters. The number of halogens is 2. The molecule has 0 radical (unpaired) electrons. The van der Waals surface area contributed by atoms with E-state index in [-0.39, 0.29) is 24.8 Å². The fourth-order valence-electron chi connectivity index (χ4n) is 5.19. The number of ether oxygens (including phenoxy) is 1. The molecule has 4 heterocycles. The Hall–Kier alpha value is -3.07. The number of benzene rings is 2. The normalized spacial score (nSPS) is 15.1. The van der Waals surface area contributed by atoms with Gasteiger partial charge in [0.2, 0.25) is 5.95 Å². The van der Waals surface area contributed by atoms with E-state index in [4.69, 9.17) is 14.7 Å². The summed E-state index contributed by atoms with van der Waals surface area (Å²) >= 11 is 0. The maximum atomic E-state index is 6.19. The quantitative estimate of drug-likeness (QED) is 0.304. The molecule has 0 spiro atoms. The lowest BCUT2D eigenvalue weighted by Crippen LogP contribution is -2.51. The Labute approximate surface area is 235 Å². The average Bonchev–Trinajstić information content (AvgIpc) is 3.06. The first kappa shape index (κ1) is 28.0. The molecule has 2 aromatic carbocycles. The van der Waals surface area contributed by atoms with Crippen molar-refractivity contribution in [2.75, 3.05) is 36.5 Å². The van der Waals surface area contributed by atoms with E-state index in [0.717, 1.165) is 77.0 Å². The van der Waals surface area contributed by atoms with E-state index in [2.05, 4.69) is 82.7 Å². The highest BCUT2D eigenvalue weighted by atomic mass is 35.5. The summed E-state index contributed by atoms with van der Waals surface area (Å²) in [5.74, 6) is 3.89. The molecule has 0 atom stereocenters. The molecule has 2 aliphatic heterocycles.